The van der Waals surface area contributed by atoms with Crippen molar-refractivity contribution in [3.05, 3.63) is 130 Å². The molecule has 2 heterocycles. The average molecular weight is 516 g/mol. The van der Waals surface area contributed by atoms with Gasteiger partial charge in [-0.2, -0.15) is 9.78 Å². The molecule has 0 unspecified atom stereocenters. The predicted octanol–water partition coefficient (Wildman–Crippen LogP) is 5.97. The molecule has 0 saturated heterocycles. The van der Waals surface area contributed by atoms with Gasteiger partial charge in [-0.15, -0.1) is 0 Å². The van der Waals surface area contributed by atoms with E-state index in [2.05, 4.69) is 5.10 Å². The van der Waals surface area contributed by atoms with Gasteiger partial charge in [-0.25, -0.2) is 9.78 Å². The van der Waals surface area contributed by atoms with Gasteiger partial charge < -0.3 is 14.3 Å². The number of carboxylic acid groups (broad SMARTS) is 1. The van der Waals surface area contributed by atoms with E-state index in [9.17, 15) is 9.59 Å². The Labute approximate surface area is 222 Å². The van der Waals surface area contributed by atoms with E-state index in [1.54, 1.807) is 60.8 Å². The fourth-order valence-corrected chi connectivity index (χ4v) is 4.17. The second-order valence-electron chi connectivity index (χ2n) is 8.82. The first-order valence-electron chi connectivity index (χ1n) is 12.2. The van der Waals surface area contributed by atoms with Gasteiger partial charge in [0.15, 0.2) is 5.76 Å². The molecule has 0 radical (unpaired) electrons. The van der Waals surface area contributed by atoms with Crippen molar-refractivity contribution < 1.29 is 19.1 Å². The molecule has 4 aromatic carbocycles. The average Bonchev–Trinajstić information content (AvgIpc) is 3.41. The van der Waals surface area contributed by atoms with Gasteiger partial charge in [0.2, 0.25) is 5.82 Å². The highest BCUT2D eigenvalue weighted by Crippen LogP contribution is 2.27. The van der Waals surface area contributed by atoms with E-state index in [1.807, 2.05) is 48.5 Å². The lowest BCUT2D eigenvalue weighted by Crippen LogP contribution is -2.20. The van der Waals surface area contributed by atoms with Crippen molar-refractivity contribution in [1.29, 1.82) is 0 Å². The molecule has 0 saturated carbocycles. The molecule has 1 N–H and O–H groups in total. The number of carbonyl (C=O) groups is 1. The van der Waals surface area contributed by atoms with Gasteiger partial charge in [-0.1, -0.05) is 42.5 Å². The van der Waals surface area contributed by atoms with Crippen molar-refractivity contribution in [2.45, 2.75) is 6.61 Å². The van der Waals surface area contributed by atoms with Crippen LogP contribution in [0.3, 0.4) is 0 Å². The molecule has 190 valence electrons. The molecule has 0 amide bonds. The van der Waals surface area contributed by atoms with E-state index < -0.39 is 5.97 Å². The predicted molar refractivity (Wildman–Crippen MR) is 148 cm³/mol. The molecule has 8 heteroatoms. The number of carboxylic acids is 1. The molecule has 0 aliphatic heterocycles. The van der Waals surface area contributed by atoms with Crippen LogP contribution in [0, 0.1) is 0 Å². The summed E-state index contributed by atoms with van der Waals surface area (Å²) in [5, 5.41) is 14.9. The Balaban J connectivity index is 1.27. The van der Waals surface area contributed by atoms with Gasteiger partial charge in [0.05, 0.1) is 22.7 Å². The number of aromatic carboxylic acids is 1. The van der Waals surface area contributed by atoms with Crippen LogP contribution in [0.1, 0.15) is 21.5 Å². The van der Waals surface area contributed by atoms with Crippen LogP contribution >= 0.6 is 0 Å². The van der Waals surface area contributed by atoms with Crippen LogP contribution in [0.15, 0.2) is 117 Å². The lowest BCUT2D eigenvalue weighted by molar-refractivity contribution is 0.0697. The number of para-hydroxylation sites is 2. The molecule has 39 heavy (non-hydrogen) atoms. The summed E-state index contributed by atoms with van der Waals surface area (Å²) in [6.07, 6.45) is 1.58. The van der Waals surface area contributed by atoms with Crippen LogP contribution in [0.5, 0.6) is 5.75 Å². The van der Waals surface area contributed by atoms with Crippen LogP contribution in [-0.4, -0.2) is 27.0 Å². The van der Waals surface area contributed by atoms with Crippen LogP contribution in [0.25, 0.3) is 33.5 Å². The second-order valence-corrected chi connectivity index (χ2v) is 8.82. The second kappa shape index (κ2) is 10.1. The van der Waals surface area contributed by atoms with E-state index in [1.165, 1.54) is 4.68 Å². The molecule has 8 nitrogen and oxygen atoms in total. The van der Waals surface area contributed by atoms with Crippen LogP contribution in [0.2, 0.25) is 0 Å². The number of hydrogen-bond donors (Lipinski definition) is 1. The van der Waals surface area contributed by atoms with Crippen LogP contribution < -0.4 is 10.3 Å². The monoisotopic (exact) mass is 515 g/mol. The Bertz CT molecular complexity index is 1870. The van der Waals surface area contributed by atoms with Crippen molar-refractivity contribution in [2.75, 3.05) is 0 Å². The number of aromatic nitrogens is 2. The quantitative estimate of drug-likeness (QED) is 0.263. The molecule has 0 aliphatic carbocycles. The van der Waals surface area contributed by atoms with Gasteiger partial charge in [-0.3, -0.25) is 4.79 Å². The Morgan fingerprint density at radius 1 is 0.949 bits per heavy atom. The van der Waals surface area contributed by atoms with E-state index in [4.69, 9.17) is 19.2 Å². The molecule has 0 fully saturated rings. The highest BCUT2D eigenvalue weighted by molar-refractivity contribution is 5.87. The van der Waals surface area contributed by atoms with Crippen LogP contribution in [0.4, 0.5) is 0 Å². The number of benzene rings is 4. The Kier molecular flexibility index (Phi) is 6.18. The smallest absolute Gasteiger partial charge is 0.335 e. The highest BCUT2D eigenvalue weighted by atomic mass is 16.5. The first-order chi connectivity index (χ1) is 19.0. The third kappa shape index (κ3) is 4.91. The summed E-state index contributed by atoms with van der Waals surface area (Å²) in [4.78, 5) is 29.1. The normalized spacial score (nSPS) is 11.4. The lowest BCUT2D eigenvalue weighted by atomic mass is 10.1. The van der Waals surface area contributed by atoms with Gasteiger partial charge in [0.25, 0.3) is 5.56 Å². The SMILES string of the molecule is O=C(O)c1ccc(COc2ccc(C=Nn3c(-c4cc5ccccc5o4)nc4ccccc4c3=O)cc2)cc1. The first kappa shape index (κ1) is 23.9. The number of nitrogens with zero attached hydrogens (tertiary/aromatic N) is 3. The number of rotatable bonds is 7. The first-order valence-corrected chi connectivity index (χ1v) is 12.2. The Morgan fingerprint density at radius 2 is 1.69 bits per heavy atom. The summed E-state index contributed by atoms with van der Waals surface area (Å²) in [6.45, 7) is 0.298. The van der Waals surface area contributed by atoms with Gasteiger partial charge >= 0.3 is 5.97 Å². The summed E-state index contributed by atoms with van der Waals surface area (Å²) < 4.78 is 13.1. The zero-order chi connectivity index (χ0) is 26.8. The van der Waals surface area contributed by atoms with E-state index in [-0.39, 0.29) is 11.1 Å². The fraction of sp³-hybridized carbons (Fsp3) is 0.0323. The fourth-order valence-electron chi connectivity index (χ4n) is 4.17. The van der Waals surface area contributed by atoms with Crippen LogP contribution in [-0.2, 0) is 6.61 Å². The van der Waals surface area contributed by atoms with Crippen molar-refractivity contribution in [2.24, 2.45) is 5.10 Å². The minimum atomic E-state index is -0.967. The largest absolute Gasteiger partial charge is 0.489 e. The standard InChI is InChI=1S/C31H21N3O5/c35-30-25-6-2-3-7-26(25)33-29(28-17-23-5-1-4-8-27(23)39-28)34(30)32-18-20-11-15-24(16-12-20)38-19-21-9-13-22(14-10-21)31(36)37/h1-18H,19H2,(H,36,37). The number of furan rings is 1. The number of ether oxygens (including phenoxy) is 1. The maximum absolute atomic E-state index is 13.4. The van der Waals surface area contributed by atoms with E-state index in [0.29, 0.717) is 40.4 Å². The molecule has 0 atom stereocenters. The summed E-state index contributed by atoms with van der Waals surface area (Å²) in [7, 11) is 0. The Hall–Kier alpha value is -5.50. The van der Waals surface area contributed by atoms with Gasteiger partial charge in [0, 0.05) is 5.39 Å². The summed E-state index contributed by atoms with van der Waals surface area (Å²) in [6, 6.07) is 30.4. The Morgan fingerprint density at radius 3 is 2.46 bits per heavy atom. The third-order valence-corrected chi connectivity index (χ3v) is 6.21. The molecule has 6 rings (SSSR count). The summed E-state index contributed by atoms with van der Waals surface area (Å²) in [5.41, 5.74) is 2.78. The molecule has 0 spiro atoms. The zero-order valence-corrected chi connectivity index (χ0v) is 20.5. The van der Waals surface area contributed by atoms with Gasteiger partial charge in [-0.05, 0) is 71.8 Å². The summed E-state index contributed by atoms with van der Waals surface area (Å²) >= 11 is 0. The molecule has 0 aliphatic rings. The lowest BCUT2D eigenvalue weighted by Gasteiger charge is -2.08. The molecule has 2 aromatic heterocycles. The number of fused-ring (bicyclic) bond motifs is 2. The summed E-state index contributed by atoms with van der Waals surface area (Å²) in [5.74, 6) is 0.421. The molecule has 0 bridgehead atoms. The van der Waals surface area contributed by atoms with Crippen molar-refractivity contribution in [3.8, 4) is 17.3 Å². The van der Waals surface area contributed by atoms with Gasteiger partial charge in [0.1, 0.15) is 17.9 Å². The van der Waals surface area contributed by atoms with Crippen molar-refractivity contribution in [3.63, 3.8) is 0 Å². The topological polar surface area (TPSA) is 107 Å². The highest BCUT2D eigenvalue weighted by Gasteiger charge is 2.16. The molecular formula is C31H21N3O5. The minimum Gasteiger partial charge on any atom is -0.489 e. The van der Waals surface area contributed by atoms with Crippen molar-refractivity contribution >= 4 is 34.1 Å². The number of hydrogen-bond acceptors (Lipinski definition) is 6. The molecule has 6 aromatic rings. The minimum absolute atomic E-state index is 0.228. The maximum Gasteiger partial charge on any atom is 0.335 e. The third-order valence-electron chi connectivity index (χ3n) is 6.21. The zero-order valence-electron chi connectivity index (χ0n) is 20.5. The molecular weight excluding hydrogens is 494 g/mol. The van der Waals surface area contributed by atoms with E-state index >= 15 is 0 Å². The van der Waals surface area contributed by atoms with Crippen molar-refractivity contribution in [1.82, 2.24) is 9.66 Å². The van der Waals surface area contributed by atoms with E-state index in [0.717, 1.165) is 16.5 Å². The maximum atomic E-state index is 13.4.